The highest BCUT2D eigenvalue weighted by atomic mass is 16.1. The summed E-state index contributed by atoms with van der Waals surface area (Å²) in [5, 5.41) is 2.95. The minimum absolute atomic E-state index is 0.168. The fourth-order valence-electron chi connectivity index (χ4n) is 1.99. The maximum atomic E-state index is 11.6. The lowest BCUT2D eigenvalue weighted by Gasteiger charge is -2.07. The second-order valence-corrected chi connectivity index (χ2v) is 5.75. The Balaban J connectivity index is 3.35. The summed E-state index contributed by atoms with van der Waals surface area (Å²) in [6.07, 6.45) is 12.3. The van der Waals surface area contributed by atoms with Crippen molar-refractivity contribution in [1.29, 1.82) is 0 Å². The van der Waals surface area contributed by atoms with Gasteiger partial charge in [0, 0.05) is 12.1 Å². The number of nitrogens with one attached hydrogen (secondary N) is 1. The van der Waals surface area contributed by atoms with Gasteiger partial charge in [-0.1, -0.05) is 63.9 Å². The highest BCUT2D eigenvalue weighted by Crippen LogP contribution is 2.10. The molecule has 0 aliphatic heterocycles. The quantitative estimate of drug-likeness (QED) is 0.503. The summed E-state index contributed by atoms with van der Waals surface area (Å²) in [4.78, 5) is 11.6. The van der Waals surface area contributed by atoms with Crippen LogP contribution in [0.15, 0.2) is 11.3 Å². The number of hydrogen-bond donors (Lipinski definition) is 1. The smallest absolute Gasteiger partial charge is 0.224 e. The zero-order valence-corrected chi connectivity index (χ0v) is 13.5. The van der Waals surface area contributed by atoms with Crippen LogP contribution in [0.25, 0.3) is 0 Å². The Labute approximate surface area is 120 Å². The SMILES string of the molecule is CCCCCCCCCCCC(=O)NC(C)=C(C)C. The van der Waals surface area contributed by atoms with Gasteiger partial charge in [-0.05, 0) is 27.2 Å². The molecule has 1 amide bonds. The Morgan fingerprint density at radius 3 is 1.74 bits per heavy atom. The third-order valence-electron chi connectivity index (χ3n) is 3.58. The lowest BCUT2D eigenvalue weighted by Crippen LogP contribution is -2.21. The minimum Gasteiger partial charge on any atom is -0.330 e. The Bertz CT molecular complexity index is 264. The highest BCUT2D eigenvalue weighted by Gasteiger charge is 2.02. The van der Waals surface area contributed by atoms with E-state index in [9.17, 15) is 4.79 Å². The summed E-state index contributed by atoms with van der Waals surface area (Å²) in [6, 6.07) is 0. The Morgan fingerprint density at radius 1 is 0.789 bits per heavy atom. The topological polar surface area (TPSA) is 29.1 Å². The van der Waals surface area contributed by atoms with Gasteiger partial charge in [-0.2, -0.15) is 0 Å². The first-order chi connectivity index (χ1) is 9.07. The van der Waals surface area contributed by atoms with Gasteiger partial charge in [0.25, 0.3) is 0 Å². The van der Waals surface area contributed by atoms with E-state index in [4.69, 9.17) is 0 Å². The Kier molecular flexibility index (Phi) is 11.7. The molecule has 0 unspecified atom stereocenters. The van der Waals surface area contributed by atoms with Crippen molar-refractivity contribution < 1.29 is 4.79 Å². The zero-order chi connectivity index (χ0) is 14.5. The van der Waals surface area contributed by atoms with Gasteiger partial charge in [-0.25, -0.2) is 0 Å². The van der Waals surface area contributed by atoms with Crippen LogP contribution in [0.1, 0.15) is 91.9 Å². The van der Waals surface area contributed by atoms with Crippen molar-refractivity contribution in [2.24, 2.45) is 0 Å². The summed E-state index contributed by atoms with van der Waals surface area (Å²) in [5.74, 6) is 0.168. The fraction of sp³-hybridized carbons (Fsp3) is 0.824. The van der Waals surface area contributed by atoms with E-state index in [0.717, 1.165) is 12.1 Å². The van der Waals surface area contributed by atoms with Gasteiger partial charge in [-0.3, -0.25) is 4.79 Å². The molecule has 0 rings (SSSR count). The largest absolute Gasteiger partial charge is 0.330 e. The van der Waals surface area contributed by atoms with Crippen LogP contribution in [0, 0.1) is 0 Å². The summed E-state index contributed by atoms with van der Waals surface area (Å²) >= 11 is 0. The number of hydrogen-bond acceptors (Lipinski definition) is 1. The van der Waals surface area contributed by atoms with Crippen molar-refractivity contribution in [2.75, 3.05) is 0 Å². The van der Waals surface area contributed by atoms with E-state index in [1.807, 2.05) is 20.8 Å². The highest BCUT2D eigenvalue weighted by molar-refractivity contribution is 5.77. The van der Waals surface area contributed by atoms with Crippen LogP contribution in [0.3, 0.4) is 0 Å². The molecule has 0 bridgehead atoms. The molecule has 0 saturated heterocycles. The monoisotopic (exact) mass is 267 g/mol. The van der Waals surface area contributed by atoms with Crippen molar-refractivity contribution in [3.63, 3.8) is 0 Å². The maximum absolute atomic E-state index is 11.6. The number of carbonyl (C=O) groups excluding carboxylic acids is 1. The maximum Gasteiger partial charge on any atom is 0.224 e. The molecule has 0 aromatic heterocycles. The molecule has 0 fully saturated rings. The molecule has 19 heavy (non-hydrogen) atoms. The van der Waals surface area contributed by atoms with Gasteiger partial charge in [0.05, 0.1) is 0 Å². The lowest BCUT2D eigenvalue weighted by atomic mass is 10.1. The first-order valence-corrected chi connectivity index (χ1v) is 8.01. The molecular weight excluding hydrogens is 234 g/mol. The van der Waals surface area contributed by atoms with E-state index < -0.39 is 0 Å². The van der Waals surface area contributed by atoms with Gasteiger partial charge < -0.3 is 5.32 Å². The molecule has 2 nitrogen and oxygen atoms in total. The number of carbonyl (C=O) groups is 1. The molecule has 0 aromatic rings. The predicted octanol–water partition coefficient (Wildman–Crippen LogP) is 5.34. The molecule has 112 valence electrons. The first kappa shape index (κ1) is 18.2. The van der Waals surface area contributed by atoms with Gasteiger partial charge in [0.1, 0.15) is 0 Å². The van der Waals surface area contributed by atoms with Gasteiger partial charge in [0.2, 0.25) is 5.91 Å². The molecule has 0 aliphatic rings. The number of unbranched alkanes of at least 4 members (excludes halogenated alkanes) is 8. The average molecular weight is 267 g/mol. The van der Waals surface area contributed by atoms with Crippen LogP contribution in [-0.4, -0.2) is 5.91 Å². The summed E-state index contributed by atoms with van der Waals surface area (Å²) < 4.78 is 0. The Hall–Kier alpha value is -0.790. The normalized spacial score (nSPS) is 10.3. The van der Waals surface area contributed by atoms with Gasteiger partial charge in [-0.15, -0.1) is 0 Å². The van der Waals surface area contributed by atoms with E-state index >= 15 is 0 Å². The molecular formula is C17H33NO. The molecule has 0 saturated carbocycles. The van der Waals surface area contributed by atoms with Crippen LogP contribution in [0.2, 0.25) is 0 Å². The Morgan fingerprint density at radius 2 is 1.26 bits per heavy atom. The summed E-state index contributed by atoms with van der Waals surface area (Å²) in [6.45, 7) is 8.26. The van der Waals surface area contributed by atoms with Gasteiger partial charge >= 0.3 is 0 Å². The third-order valence-corrected chi connectivity index (χ3v) is 3.58. The standard InChI is InChI=1S/C17H33NO/c1-5-6-7-8-9-10-11-12-13-14-17(19)18-16(4)15(2)3/h5-14H2,1-4H3,(H,18,19). The van der Waals surface area contributed by atoms with Crippen LogP contribution < -0.4 is 5.32 Å². The van der Waals surface area contributed by atoms with Crippen LogP contribution in [0.5, 0.6) is 0 Å². The minimum atomic E-state index is 0.168. The van der Waals surface area contributed by atoms with Crippen molar-refractivity contribution >= 4 is 5.91 Å². The fourth-order valence-corrected chi connectivity index (χ4v) is 1.99. The lowest BCUT2D eigenvalue weighted by molar-refractivity contribution is -0.120. The molecule has 0 aromatic carbocycles. The number of allylic oxidation sites excluding steroid dienone is 2. The zero-order valence-electron chi connectivity index (χ0n) is 13.5. The van der Waals surface area contributed by atoms with Crippen molar-refractivity contribution in [3.8, 4) is 0 Å². The van der Waals surface area contributed by atoms with Crippen molar-refractivity contribution in [3.05, 3.63) is 11.3 Å². The van der Waals surface area contributed by atoms with Crippen molar-refractivity contribution in [2.45, 2.75) is 91.9 Å². The van der Waals surface area contributed by atoms with Gasteiger partial charge in [0.15, 0.2) is 0 Å². The molecule has 0 heterocycles. The first-order valence-electron chi connectivity index (χ1n) is 8.01. The van der Waals surface area contributed by atoms with E-state index in [1.165, 1.54) is 56.9 Å². The van der Waals surface area contributed by atoms with E-state index in [0.29, 0.717) is 6.42 Å². The van der Waals surface area contributed by atoms with Crippen LogP contribution in [-0.2, 0) is 4.79 Å². The van der Waals surface area contributed by atoms with Crippen LogP contribution in [0.4, 0.5) is 0 Å². The molecule has 0 spiro atoms. The molecule has 1 N–H and O–H groups in total. The molecule has 0 atom stereocenters. The second-order valence-electron chi connectivity index (χ2n) is 5.75. The predicted molar refractivity (Wildman–Crippen MR) is 84.0 cm³/mol. The van der Waals surface area contributed by atoms with Crippen LogP contribution >= 0.6 is 0 Å². The van der Waals surface area contributed by atoms with E-state index in [2.05, 4.69) is 12.2 Å². The summed E-state index contributed by atoms with van der Waals surface area (Å²) in [5.41, 5.74) is 2.18. The third kappa shape index (κ3) is 12.0. The second kappa shape index (κ2) is 12.3. The number of amides is 1. The average Bonchev–Trinajstić information content (AvgIpc) is 2.36. The number of rotatable bonds is 11. The van der Waals surface area contributed by atoms with E-state index in [-0.39, 0.29) is 5.91 Å². The van der Waals surface area contributed by atoms with Crippen molar-refractivity contribution in [1.82, 2.24) is 5.32 Å². The van der Waals surface area contributed by atoms with E-state index in [1.54, 1.807) is 0 Å². The molecule has 0 radical (unpaired) electrons. The molecule has 0 aliphatic carbocycles. The molecule has 2 heteroatoms. The summed E-state index contributed by atoms with van der Waals surface area (Å²) in [7, 11) is 0.